The summed E-state index contributed by atoms with van der Waals surface area (Å²) in [5.41, 5.74) is 1.80. The van der Waals surface area contributed by atoms with Gasteiger partial charge in [-0.15, -0.1) is 16.4 Å². The fourth-order valence-electron chi connectivity index (χ4n) is 2.46. The van der Waals surface area contributed by atoms with Crippen LogP contribution in [0.25, 0.3) is 0 Å². The number of aryl methyl sites for hydroxylation is 1. The van der Waals surface area contributed by atoms with Gasteiger partial charge in [-0.1, -0.05) is 18.5 Å². The highest BCUT2D eigenvalue weighted by atomic mass is 35.5. The Bertz CT molecular complexity index is 714. The fraction of sp³-hybridized carbons (Fsp3) is 0.308. The van der Waals surface area contributed by atoms with Gasteiger partial charge < -0.3 is 4.74 Å². The summed E-state index contributed by atoms with van der Waals surface area (Å²) in [6, 6.07) is 5.87. The molecule has 1 aliphatic rings. The van der Waals surface area contributed by atoms with E-state index in [0.717, 1.165) is 22.6 Å². The van der Waals surface area contributed by atoms with Gasteiger partial charge in [0.2, 0.25) is 11.8 Å². The number of fused-ring (bicyclic) bond motifs is 1. The average molecular weight is 307 g/mol. The van der Waals surface area contributed by atoms with Crippen LogP contribution in [0, 0.1) is 22.7 Å². The predicted octanol–water partition coefficient (Wildman–Crippen LogP) is 3.33. The molecule has 102 valence electrons. The summed E-state index contributed by atoms with van der Waals surface area (Å²) >= 11 is 7.43. The van der Waals surface area contributed by atoms with E-state index in [-0.39, 0.29) is 11.8 Å². The van der Waals surface area contributed by atoms with Crippen molar-refractivity contribution >= 4 is 28.8 Å². The number of aromatic nitrogens is 2. The molecular formula is C13H11ClN4OS. The minimum absolute atomic E-state index is 0.0660. The molecule has 0 radical (unpaired) electrons. The second-order valence-electron chi connectivity index (χ2n) is 4.47. The Hall–Kier alpha value is -1.84. The topological polar surface area (TPSA) is 85.5 Å². The van der Waals surface area contributed by atoms with Gasteiger partial charge in [0.05, 0.1) is 16.3 Å². The molecule has 2 aromatic rings. The Morgan fingerprint density at radius 2 is 2.40 bits per heavy atom. The van der Waals surface area contributed by atoms with E-state index in [4.69, 9.17) is 21.7 Å². The summed E-state index contributed by atoms with van der Waals surface area (Å²) in [5.74, 6) is -0.570. The first-order valence-electron chi connectivity index (χ1n) is 6.14. The van der Waals surface area contributed by atoms with E-state index in [1.54, 1.807) is 6.07 Å². The number of nitrogens with zero attached hydrogens (tertiary/aromatic N) is 2. The van der Waals surface area contributed by atoms with E-state index >= 15 is 0 Å². The largest absolute Gasteiger partial charge is 0.422 e. The molecule has 7 heteroatoms. The standard InChI is InChI=1S/C13H11ClN4OS/c1-2-7-11-10(8-3-4-9(14)20-8)6(5-15)12(16)19-13(11)18-17-7/h3-4,6,10,16H,2H2,1H3,(H,17,18). The third-order valence-electron chi connectivity index (χ3n) is 3.37. The van der Waals surface area contributed by atoms with Crippen molar-refractivity contribution in [2.45, 2.75) is 19.3 Å². The number of halogens is 1. The first-order chi connectivity index (χ1) is 9.65. The molecule has 2 aromatic heterocycles. The molecule has 20 heavy (non-hydrogen) atoms. The number of hydrogen-bond acceptors (Lipinski definition) is 5. The summed E-state index contributed by atoms with van der Waals surface area (Å²) in [7, 11) is 0. The van der Waals surface area contributed by atoms with Crippen LogP contribution in [-0.2, 0) is 6.42 Å². The van der Waals surface area contributed by atoms with Gasteiger partial charge >= 0.3 is 0 Å². The normalized spacial score (nSPS) is 21.1. The number of thiophene rings is 1. The summed E-state index contributed by atoms with van der Waals surface area (Å²) in [4.78, 5) is 0.951. The van der Waals surface area contributed by atoms with E-state index in [1.807, 2.05) is 13.0 Å². The minimum Gasteiger partial charge on any atom is -0.422 e. The number of nitriles is 1. The zero-order chi connectivity index (χ0) is 14.3. The molecule has 1 aliphatic heterocycles. The predicted molar refractivity (Wildman–Crippen MR) is 76.6 cm³/mol. The lowest BCUT2D eigenvalue weighted by Crippen LogP contribution is -2.30. The van der Waals surface area contributed by atoms with Gasteiger partial charge in [-0.2, -0.15) is 5.26 Å². The minimum atomic E-state index is -0.653. The van der Waals surface area contributed by atoms with Gasteiger partial charge in [0, 0.05) is 16.1 Å². The molecule has 0 saturated carbocycles. The highest BCUT2D eigenvalue weighted by molar-refractivity contribution is 7.16. The quantitative estimate of drug-likeness (QED) is 0.892. The van der Waals surface area contributed by atoms with E-state index in [0.29, 0.717) is 10.2 Å². The molecule has 0 aliphatic carbocycles. The lowest BCUT2D eigenvalue weighted by atomic mass is 9.83. The van der Waals surface area contributed by atoms with E-state index in [9.17, 15) is 5.26 Å². The van der Waals surface area contributed by atoms with Crippen LogP contribution in [0.15, 0.2) is 12.1 Å². The number of hydrogen-bond donors (Lipinski definition) is 2. The molecule has 0 saturated heterocycles. The van der Waals surface area contributed by atoms with E-state index < -0.39 is 5.92 Å². The number of H-pyrrole nitrogens is 1. The number of ether oxygens (including phenoxy) is 1. The monoisotopic (exact) mass is 306 g/mol. The molecule has 2 unspecified atom stereocenters. The molecule has 0 amide bonds. The van der Waals surface area contributed by atoms with Crippen LogP contribution in [0.3, 0.4) is 0 Å². The maximum Gasteiger partial charge on any atom is 0.243 e. The fourth-order valence-corrected chi connectivity index (χ4v) is 3.67. The number of nitrogens with one attached hydrogen (secondary N) is 2. The van der Waals surface area contributed by atoms with Gasteiger partial charge in [-0.3, -0.25) is 10.5 Å². The van der Waals surface area contributed by atoms with Gasteiger partial charge in [0.15, 0.2) is 0 Å². The summed E-state index contributed by atoms with van der Waals surface area (Å²) in [6.45, 7) is 2.01. The van der Waals surface area contributed by atoms with Crippen molar-refractivity contribution in [1.82, 2.24) is 10.2 Å². The van der Waals surface area contributed by atoms with Crippen molar-refractivity contribution in [2.75, 3.05) is 0 Å². The second-order valence-corrected chi connectivity index (χ2v) is 6.21. The highest BCUT2D eigenvalue weighted by Crippen LogP contribution is 2.45. The molecule has 2 N–H and O–H groups in total. The Morgan fingerprint density at radius 3 is 3.00 bits per heavy atom. The van der Waals surface area contributed by atoms with Crippen LogP contribution >= 0.6 is 22.9 Å². The molecule has 0 bridgehead atoms. The van der Waals surface area contributed by atoms with Crippen molar-refractivity contribution in [3.63, 3.8) is 0 Å². The van der Waals surface area contributed by atoms with Crippen molar-refractivity contribution < 1.29 is 4.74 Å². The maximum absolute atomic E-state index is 9.40. The van der Waals surface area contributed by atoms with Crippen LogP contribution in [0.4, 0.5) is 0 Å². The van der Waals surface area contributed by atoms with E-state index in [2.05, 4.69) is 16.3 Å². The number of aromatic amines is 1. The van der Waals surface area contributed by atoms with Crippen LogP contribution in [0.5, 0.6) is 5.88 Å². The van der Waals surface area contributed by atoms with Gasteiger partial charge in [0.1, 0.15) is 5.92 Å². The highest BCUT2D eigenvalue weighted by Gasteiger charge is 2.40. The molecule has 0 spiro atoms. The lowest BCUT2D eigenvalue weighted by molar-refractivity contribution is 0.438. The van der Waals surface area contributed by atoms with Crippen LogP contribution in [0.1, 0.15) is 29.0 Å². The Balaban J connectivity index is 2.20. The maximum atomic E-state index is 9.40. The Labute approximate surface area is 124 Å². The smallest absolute Gasteiger partial charge is 0.243 e. The molecule has 5 nitrogen and oxygen atoms in total. The molecule has 3 rings (SSSR count). The summed E-state index contributed by atoms with van der Waals surface area (Å²) in [5, 5.41) is 24.3. The van der Waals surface area contributed by atoms with Gasteiger partial charge in [0.25, 0.3) is 0 Å². The lowest BCUT2D eigenvalue weighted by Gasteiger charge is -2.26. The van der Waals surface area contributed by atoms with Crippen molar-refractivity contribution in [3.05, 3.63) is 32.6 Å². The second kappa shape index (κ2) is 4.93. The third kappa shape index (κ3) is 1.90. The van der Waals surface area contributed by atoms with Crippen LogP contribution in [0.2, 0.25) is 4.34 Å². The molecule has 0 fully saturated rings. The van der Waals surface area contributed by atoms with Crippen LogP contribution < -0.4 is 4.74 Å². The summed E-state index contributed by atoms with van der Waals surface area (Å²) in [6.07, 6.45) is 0.757. The zero-order valence-corrected chi connectivity index (χ0v) is 12.2. The molecule has 3 heterocycles. The van der Waals surface area contributed by atoms with Crippen molar-refractivity contribution in [1.29, 1.82) is 10.7 Å². The average Bonchev–Trinajstić information content (AvgIpc) is 3.03. The third-order valence-corrected chi connectivity index (χ3v) is 4.69. The van der Waals surface area contributed by atoms with Crippen molar-refractivity contribution in [2.24, 2.45) is 5.92 Å². The summed E-state index contributed by atoms with van der Waals surface area (Å²) < 4.78 is 6.03. The van der Waals surface area contributed by atoms with Crippen molar-refractivity contribution in [3.8, 4) is 11.9 Å². The van der Waals surface area contributed by atoms with Gasteiger partial charge in [-0.25, -0.2) is 0 Å². The van der Waals surface area contributed by atoms with Gasteiger partial charge in [-0.05, 0) is 18.6 Å². The first kappa shape index (κ1) is 13.2. The zero-order valence-electron chi connectivity index (χ0n) is 10.6. The Kier molecular flexibility index (Phi) is 3.24. The number of rotatable bonds is 2. The van der Waals surface area contributed by atoms with Crippen LogP contribution in [-0.4, -0.2) is 16.1 Å². The molecule has 0 aromatic carbocycles. The molecular weight excluding hydrogens is 296 g/mol. The Morgan fingerprint density at radius 1 is 1.60 bits per heavy atom. The van der Waals surface area contributed by atoms with E-state index in [1.165, 1.54) is 11.3 Å². The molecule has 2 atom stereocenters. The SMILES string of the molecule is CCc1[nH]nc2c1C(c1ccc(Cl)s1)C(C#N)C(=N)O2. The first-order valence-corrected chi connectivity index (χ1v) is 7.33.